The molecule has 2 rings (SSSR count). The lowest BCUT2D eigenvalue weighted by atomic mass is 10.1. The number of aliphatic imine (C=N–C) groups is 1. The van der Waals surface area contributed by atoms with Crippen molar-refractivity contribution >= 4 is 23.1 Å². The van der Waals surface area contributed by atoms with E-state index in [-0.39, 0.29) is 18.1 Å². The molecule has 1 aliphatic heterocycles. The third-order valence-electron chi connectivity index (χ3n) is 2.79. The summed E-state index contributed by atoms with van der Waals surface area (Å²) in [4.78, 5) is 16.2. The van der Waals surface area contributed by atoms with Crippen molar-refractivity contribution < 1.29 is 14.6 Å². The molecule has 0 saturated heterocycles. The quantitative estimate of drug-likeness (QED) is 0.377. The summed E-state index contributed by atoms with van der Waals surface area (Å²) in [6.45, 7) is 2.02. The van der Waals surface area contributed by atoms with Gasteiger partial charge in [0.25, 0.3) is 0 Å². The van der Waals surface area contributed by atoms with Crippen LogP contribution in [0.5, 0.6) is 5.75 Å². The van der Waals surface area contributed by atoms with E-state index in [1.165, 1.54) is 12.1 Å². The van der Waals surface area contributed by atoms with Crippen LogP contribution in [0.25, 0.3) is 0 Å². The van der Waals surface area contributed by atoms with Crippen LogP contribution < -0.4 is 5.43 Å². The molecule has 0 aromatic heterocycles. The lowest BCUT2D eigenvalue weighted by Crippen LogP contribution is -2.28. The van der Waals surface area contributed by atoms with Gasteiger partial charge in [-0.2, -0.15) is 5.10 Å². The van der Waals surface area contributed by atoms with Gasteiger partial charge in [-0.3, -0.25) is 10.4 Å². The second-order valence-electron chi connectivity index (χ2n) is 4.34. The summed E-state index contributed by atoms with van der Waals surface area (Å²) in [7, 11) is 0. The van der Waals surface area contributed by atoms with Gasteiger partial charge in [0.05, 0.1) is 18.0 Å². The fourth-order valence-electron chi connectivity index (χ4n) is 1.77. The molecule has 1 aliphatic rings. The van der Waals surface area contributed by atoms with Crippen molar-refractivity contribution in [3.05, 3.63) is 36.5 Å². The van der Waals surface area contributed by atoms with Gasteiger partial charge < -0.3 is 9.84 Å². The highest BCUT2D eigenvalue weighted by molar-refractivity contribution is 6.66. The Balaban J connectivity index is 2.19. The number of hydrogen-bond acceptors (Lipinski definition) is 6. The molecule has 1 heterocycles. The Morgan fingerprint density at radius 1 is 1.43 bits per heavy atom. The molecule has 110 valence electrons. The van der Waals surface area contributed by atoms with Crippen molar-refractivity contribution in [1.29, 1.82) is 0 Å². The van der Waals surface area contributed by atoms with Crippen molar-refractivity contribution in [3.63, 3.8) is 0 Å². The van der Waals surface area contributed by atoms with Crippen molar-refractivity contribution in [2.24, 2.45) is 10.1 Å². The Labute approximate surface area is 122 Å². The molecule has 6 nitrogen and oxygen atoms in total. The maximum absolute atomic E-state index is 12.0. The number of rotatable bonds is 5. The Morgan fingerprint density at radius 3 is 2.81 bits per heavy atom. The van der Waals surface area contributed by atoms with E-state index in [0.29, 0.717) is 17.8 Å². The zero-order valence-electron chi connectivity index (χ0n) is 11.7. The van der Waals surface area contributed by atoms with E-state index >= 15 is 0 Å². The summed E-state index contributed by atoms with van der Waals surface area (Å²) in [5.74, 6) is -0.338. The van der Waals surface area contributed by atoms with Crippen molar-refractivity contribution in [2.45, 2.75) is 19.8 Å². The summed E-state index contributed by atoms with van der Waals surface area (Å²) in [6.07, 6.45) is 5.05. The zero-order chi connectivity index (χ0) is 15.1. The van der Waals surface area contributed by atoms with Gasteiger partial charge in [0.2, 0.25) is 0 Å². The smallest absolute Gasteiger partial charge is 0.360 e. The number of carbonyl (C=O) groups excluding carboxylic acids is 1. The molecule has 0 saturated carbocycles. The van der Waals surface area contributed by atoms with Gasteiger partial charge in [-0.25, -0.2) is 4.79 Å². The average molecular weight is 287 g/mol. The first-order chi connectivity index (χ1) is 10.2. The molecule has 1 aromatic rings. The predicted octanol–water partition coefficient (Wildman–Crippen LogP) is 2.47. The van der Waals surface area contributed by atoms with E-state index in [0.717, 1.165) is 6.42 Å². The number of hydrogen-bond donors (Lipinski definition) is 2. The molecule has 6 heteroatoms. The first-order valence-electron chi connectivity index (χ1n) is 6.72. The largest absolute Gasteiger partial charge is 0.508 e. The monoisotopic (exact) mass is 287 g/mol. The van der Waals surface area contributed by atoms with Crippen molar-refractivity contribution in [3.8, 4) is 5.75 Å². The molecule has 21 heavy (non-hydrogen) atoms. The van der Waals surface area contributed by atoms with Crippen molar-refractivity contribution in [2.75, 3.05) is 12.0 Å². The summed E-state index contributed by atoms with van der Waals surface area (Å²) in [5.41, 5.74) is 4.21. The molecule has 0 spiro atoms. The van der Waals surface area contributed by atoms with E-state index in [4.69, 9.17) is 4.74 Å². The number of allylic oxidation sites excluding steroid dienone is 1. The van der Waals surface area contributed by atoms with Crippen LogP contribution in [0.4, 0.5) is 5.69 Å². The first-order valence-corrected chi connectivity index (χ1v) is 6.72. The van der Waals surface area contributed by atoms with Gasteiger partial charge in [0.1, 0.15) is 5.75 Å². The maximum atomic E-state index is 12.0. The van der Waals surface area contributed by atoms with Gasteiger partial charge in [0, 0.05) is 6.20 Å². The molecule has 0 unspecified atom stereocenters. The fraction of sp³-hybridized carbons (Fsp3) is 0.267. The molecule has 0 bridgehead atoms. The van der Waals surface area contributed by atoms with Crippen LogP contribution in [0, 0.1) is 0 Å². The molecule has 0 radical (unpaired) electrons. The Morgan fingerprint density at radius 2 is 2.19 bits per heavy atom. The molecule has 1 aromatic carbocycles. The Hall–Kier alpha value is -2.63. The summed E-state index contributed by atoms with van der Waals surface area (Å²) in [6, 6.07) is 6.37. The Bertz CT molecular complexity index is 589. The van der Waals surface area contributed by atoms with E-state index in [2.05, 4.69) is 15.5 Å². The third-order valence-corrected chi connectivity index (χ3v) is 2.79. The van der Waals surface area contributed by atoms with E-state index in [1.54, 1.807) is 25.3 Å². The number of carbonyl (C=O) groups is 1. The maximum Gasteiger partial charge on any atom is 0.360 e. The van der Waals surface area contributed by atoms with Crippen LogP contribution >= 0.6 is 0 Å². The second-order valence-corrected chi connectivity index (χ2v) is 4.34. The van der Waals surface area contributed by atoms with Crippen LogP contribution in [-0.2, 0) is 9.53 Å². The molecular formula is C15H17N3O3. The topological polar surface area (TPSA) is 83.3 Å². The van der Waals surface area contributed by atoms with Gasteiger partial charge in [0.15, 0.2) is 5.71 Å². The van der Waals surface area contributed by atoms with E-state index < -0.39 is 5.97 Å². The summed E-state index contributed by atoms with van der Waals surface area (Å²) in [5, 5.41) is 13.3. The number of esters is 1. The minimum absolute atomic E-state index is 0.164. The number of anilines is 1. The number of phenols is 1. The Kier molecular flexibility index (Phi) is 5.09. The number of phenolic OH excluding ortho intramolecular Hbond substituents is 1. The minimum Gasteiger partial charge on any atom is -0.508 e. The third kappa shape index (κ3) is 4.17. The number of ether oxygens (including phenoxy) is 1. The van der Waals surface area contributed by atoms with Crippen molar-refractivity contribution in [1.82, 2.24) is 0 Å². The van der Waals surface area contributed by atoms with Crippen LogP contribution in [0.1, 0.15) is 19.8 Å². The number of hydrazone groups is 1. The molecule has 2 N–H and O–H groups in total. The molecule has 0 aliphatic carbocycles. The van der Waals surface area contributed by atoms with Crippen LogP contribution in [-0.4, -0.2) is 29.1 Å². The molecule has 0 fully saturated rings. The van der Waals surface area contributed by atoms with Gasteiger partial charge in [-0.15, -0.1) is 0 Å². The van der Waals surface area contributed by atoms with Crippen LogP contribution in [0.2, 0.25) is 0 Å². The highest BCUT2D eigenvalue weighted by atomic mass is 16.5. The number of benzene rings is 1. The standard InChI is InChI=1S/C15H17N3O3/c1-2-21-15(20)14(13-5-3-4-10-16-13)18-17-11-6-8-12(19)9-7-11/h4,6-10,17,19H,2-3,5H2,1H3/b18-14+. The first kappa shape index (κ1) is 14.8. The number of nitrogens with one attached hydrogen (secondary N) is 1. The second kappa shape index (κ2) is 7.23. The number of nitrogens with zero attached hydrogens (tertiary/aromatic N) is 2. The van der Waals surface area contributed by atoms with Gasteiger partial charge in [-0.1, -0.05) is 6.08 Å². The van der Waals surface area contributed by atoms with E-state index in [9.17, 15) is 9.90 Å². The normalized spacial score (nSPS) is 14.5. The average Bonchev–Trinajstić information content (AvgIpc) is 2.51. The minimum atomic E-state index is -0.502. The molecular weight excluding hydrogens is 270 g/mol. The fourth-order valence-corrected chi connectivity index (χ4v) is 1.77. The highest BCUT2D eigenvalue weighted by Crippen LogP contribution is 2.14. The van der Waals surface area contributed by atoms with Gasteiger partial charge in [-0.05, 0) is 44.0 Å². The predicted molar refractivity (Wildman–Crippen MR) is 81.6 cm³/mol. The molecule has 0 amide bonds. The summed E-state index contributed by atoms with van der Waals surface area (Å²) < 4.78 is 5.01. The SMILES string of the molecule is CCOC(=O)/C(=N/Nc1ccc(O)cc1)C1=NC=CCC1. The number of aromatic hydroxyl groups is 1. The van der Waals surface area contributed by atoms with Gasteiger partial charge >= 0.3 is 5.97 Å². The lowest BCUT2D eigenvalue weighted by molar-refractivity contribution is -0.134. The lowest BCUT2D eigenvalue weighted by Gasteiger charge is -2.10. The highest BCUT2D eigenvalue weighted by Gasteiger charge is 2.20. The summed E-state index contributed by atoms with van der Waals surface area (Å²) >= 11 is 0. The van der Waals surface area contributed by atoms with E-state index in [1.807, 2.05) is 6.08 Å². The van der Waals surface area contributed by atoms with Crippen LogP contribution in [0.15, 0.2) is 46.6 Å². The molecule has 0 atom stereocenters. The zero-order valence-corrected chi connectivity index (χ0v) is 11.7. The van der Waals surface area contributed by atoms with Crippen LogP contribution in [0.3, 0.4) is 0 Å².